The van der Waals surface area contributed by atoms with Crippen molar-refractivity contribution >= 4 is 0 Å². The predicted octanol–water partition coefficient (Wildman–Crippen LogP) is 1.85. The van der Waals surface area contributed by atoms with E-state index in [4.69, 9.17) is 0 Å². The third kappa shape index (κ3) is 3.82. The summed E-state index contributed by atoms with van der Waals surface area (Å²) in [7, 11) is 3.95. The number of likely N-dealkylation sites (N-methyl/N-ethyl adjacent to an activating group) is 1. The third-order valence-electron chi connectivity index (χ3n) is 3.63. The molecular formula is C14H25N3O. The summed E-state index contributed by atoms with van der Waals surface area (Å²) in [5, 5.41) is 14.5. The van der Waals surface area contributed by atoms with Gasteiger partial charge in [0.1, 0.15) is 0 Å². The van der Waals surface area contributed by atoms with Crippen molar-refractivity contribution < 1.29 is 5.11 Å². The Kier molecular flexibility index (Phi) is 4.78. The van der Waals surface area contributed by atoms with Crippen molar-refractivity contribution in [2.45, 2.75) is 50.7 Å². The molecule has 1 N–H and O–H groups in total. The number of nitrogens with zero attached hydrogens (tertiary/aromatic N) is 3. The molecule has 0 radical (unpaired) electrons. The van der Waals surface area contributed by atoms with Crippen LogP contribution in [0, 0.1) is 0 Å². The van der Waals surface area contributed by atoms with Crippen molar-refractivity contribution in [3.63, 3.8) is 0 Å². The highest BCUT2D eigenvalue weighted by atomic mass is 16.3. The minimum Gasteiger partial charge on any atom is -0.391 e. The summed E-state index contributed by atoms with van der Waals surface area (Å²) in [5.74, 6) is 0. The van der Waals surface area contributed by atoms with Crippen molar-refractivity contribution in [3.8, 4) is 0 Å². The maximum Gasteiger partial charge on any atom is 0.0722 e. The van der Waals surface area contributed by atoms with E-state index in [-0.39, 0.29) is 6.10 Å². The molecule has 0 spiro atoms. The number of aromatic nitrogens is 2. The Bertz CT molecular complexity index is 356. The van der Waals surface area contributed by atoms with Crippen LogP contribution in [0.4, 0.5) is 0 Å². The molecule has 4 nitrogen and oxygen atoms in total. The van der Waals surface area contributed by atoms with Gasteiger partial charge in [0.15, 0.2) is 0 Å². The van der Waals surface area contributed by atoms with Crippen LogP contribution in [-0.2, 0) is 6.42 Å². The molecule has 18 heavy (non-hydrogen) atoms. The minimum atomic E-state index is -0.324. The van der Waals surface area contributed by atoms with Gasteiger partial charge in [0.05, 0.1) is 17.8 Å². The van der Waals surface area contributed by atoms with Gasteiger partial charge in [-0.2, -0.15) is 5.10 Å². The second kappa shape index (κ2) is 6.34. The van der Waals surface area contributed by atoms with Gasteiger partial charge in [-0.25, -0.2) is 0 Å². The van der Waals surface area contributed by atoms with Crippen molar-refractivity contribution in [1.82, 2.24) is 14.7 Å². The van der Waals surface area contributed by atoms with Crippen LogP contribution >= 0.6 is 0 Å². The average Bonchev–Trinajstić information content (AvgIpc) is 2.77. The van der Waals surface area contributed by atoms with E-state index < -0.39 is 0 Å². The maximum atomic E-state index is 9.90. The first-order valence-electron chi connectivity index (χ1n) is 7.02. The van der Waals surface area contributed by atoms with E-state index in [0.717, 1.165) is 5.69 Å². The summed E-state index contributed by atoms with van der Waals surface area (Å²) < 4.78 is 2.11. The van der Waals surface area contributed by atoms with Crippen LogP contribution < -0.4 is 0 Å². The summed E-state index contributed by atoms with van der Waals surface area (Å²) in [4.78, 5) is 2.00. The molecule has 0 aliphatic heterocycles. The number of aliphatic hydroxyl groups excluding tert-OH is 1. The number of hydrogen-bond donors (Lipinski definition) is 1. The molecule has 0 aromatic carbocycles. The van der Waals surface area contributed by atoms with Gasteiger partial charge in [0.2, 0.25) is 0 Å². The summed E-state index contributed by atoms with van der Waals surface area (Å²) in [6.07, 6.45) is 8.92. The molecule has 4 heteroatoms. The zero-order valence-electron chi connectivity index (χ0n) is 11.5. The fourth-order valence-corrected chi connectivity index (χ4v) is 2.76. The molecule has 1 atom stereocenters. The molecule has 1 saturated carbocycles. The molecule has 102 valence electrons. The van der Waals surface area contributed by atoms with Gasteiger partial charge >= 0.3 is 0 Å². The lowest BCUT2D eigenvalue weighted by Gasteiger charge is -2.21. The summed E-state index contributed by atoms with van der Waals surface area (Å²) in [5.41, 5.74) is 1.01. The molecule has 2 rings (SSSR count). The van der Waals surface area contributed by atoms with E-state index >= 15 is 0 Å². The quantitative estimate of drug-likeness (QED) is 0.868. The lowest BCUT2D eigenvalue weighted by Crippen LogP contribution is -2.27. The SMILES string of the molecule is CN(C)CC(O)Cc1ccn(C2CCCCC2)n1. The van der Waals surface area contributed by atoms with Crippen LogP contribution in [0.5, 0.6) is 0 Å². The molecule has 1 fully saturated rings. The molecule has 0 amide bonds. The fraction of sp³-hybridized carbons (Fsp3) is 0.786. The van der Waals surface area contributed by atoms with E-state index in [9.17, 15) is 5.11 Å². The highest BCUT2D eigenvalue weighted by molar-refractivity contribution is 5.01. The van der Waals surface area contributed by atoms with Gasteiger partial charge in [-0.05, 0) is 33.0 Å². The Balaban J connectivity index is 1.89. The molecule has 1 aromatic rings. The van der Waals surface area contributed by atoms with Gasteiger partial charge in [0, 0.05) is 19.2 Å². The first kappa shape index (κ1) is 13.6. The van der Waals surface area contributed by atoms with Crippen LogP contribution in [0.15, 0.2) is 12.3 Å². The van der Waals surface area contributed by atoms with Gasteiger partial charge in [-0.1, -0.05) is 19.3 Å². The van der Waals surface area contributed by atoms with Crippen molar-refractivity contribution in [2.75, 3.05) is 20.6 Å². The molecular weight excluding hydrogens is 226 g/mol. The largest absolute Gasteiger partial charge is 0.391 e. The molecule has 1 unspecified atom stereocenters. The summed E-state index contributed by atoms with van der Waals surface area (Å²) in [6.45, 7) is 0.691. The van der Waals surface area contributed by atoms with Crippen molar-refractivity contribution in [3.05, 3.63) is 18.0 Å². The van der Waals surface area contributed by atoms with Crippen LogP contribution in [0.3, 0.4) is 0 Å². The normalized spacial score (nSPS) is 19.3. The monoisotopic (exact) mass is 251 g/mol. The Labute approximate surface area is 110 Å². The molecule has 1 aliphatic rings. The van der Waals surface area contributed by atoms with Gasteiger partial charge in [0.25, 0.3) is 0 Å². The highest BCUT2D eigenvalue weighted by Crippen LogP contribution is 2.27. The van der Waals surface area contributed by atoms with E-state index in [1.807, 2.05) is 25.1 Å². The maximum absolute atomic E-state index is 9.90. The molecule has 1 heterocycles. The van der Waals surface area contributed by atoms with Crippen LogP contribution in [0.25, 0.3) is 0 Å². The number of hydrogen-bond acceptors (Lipinski definition) is 3. The van der Waals surface area contributed by atoms with E-state index in [1.165, 1.54) is 32.1 Å². The van der Waals surface area contributed by atoms with Crippen LogP contribution in [0.2, 0.25) is 0 Å². The standard InChI is InChI=1S/C14H25N3O/c1-16(2)11-14(18)10-12-8-9-17(15-12)13-6-4-3-5-7-13/h8-9,13-14,18H,3-7,10-11H2,1-2H3. The Morgan fingerprint density at radius 1 is 1.39 bits per heavy atom. The molecule has 0 saturated heterocycles. The summed E-state index contributed by atoms with van der Waals surface area (Å²) in [6, 6.07) is 2.63. The topological polar surface area (TPSA) is 41.3 Å². The predicted molar refractivity (Wildman–Crippen MR) is 72.6 cm³/mol. The van der Waals surface area contributed by atoms with Gasteiger partial charge in [-0.3, -0.25) is 4.68 Å². The Hall–Kier alpha value is -0.870. The van der Waals surface area contributed by atoms with Crippen molar-refractivity contribution in [1.29, 1.82) is 0 Å². The molecule has 0 bridgehead atoms. The molecule has 1 aliphatic carbocycles. The lowest BCUT2D eigenvalue weighted by atomic mass is 9.96. The number of aliphatic hydroxyl groups is 1. The van der Waals surface area contributed by atoms with Gasteiger partial charge in [-0.15, -0.1) is 0 Å². The summed E-state index contributed by atoms with van der Waals surface area (Å²) >= 11 is 0. The lowest BCUT2D eigenvalue weighted by molar-refractivity contribution is 0.135. The average molecular weight is 251 g/mol. The zero-order chi connectivity index (χ0) is 13.0. The zero-order valence-corrected chi connectivity index (χ0v) is 11.5. The fourth-order valence-electron chi connectivity index (χ4n) is 2.76. The third-order valence-corrected chi connectivity index (χ3v) is 3.63. The van der Waals surface area contributed by atoms with Crippen LogP contribution in [-0.4, -0.2) is 46.5 Å². The van der Waals surface area contributed by atoms with Crippen molar-refractivity contribution in [2.24, 2.45) is 0 Å². The second-order valence-electron chi connectivity index (χ2n) is 5.70. The smallest absolute Gasteiger partial charge is 0.0722 e. The highest BCUT2D eigenvalue weighted by Gasteiger charge is 2.16. The molecule has 1 aromatic heterocycles. The number of rotatable bonds is 5. The van der Waals surface area contributed by atoms with E-state index in [2.05, 4.69) is 16.0 Å². The van der Waals surface area contributed by atoms with E-state index in [0.29, 0.717) is 19.0 Å². The first-order valence-corrected chi connectivity index (χ1v) is 7.02. The van der Waals surface area contributed by atoms with E-state index in [1.54, 1.807) is 0 Å². The minimum absolute atomic E-state index is 0.324. The van der Waals surface area contributed by atoms with Gasteiger partial charge < -0.3 is 10.0 Å². The second-order valence-corrected chi connectivity index (χ2v) is 5.70. The first-order chi connectivity index (χ1) is 8.65. The Morgan fingerprint density at radius 2 is 2.11 bits per heavy atom. The van der Waals surface area contributed by atoms with Crippen LogP contribution in [0.1, 0.15) is 43.8 Å². The Morgan fingerprint density at radius 3 is 2.78 bits per heavy atom.